The zero-order valence-corrected chi connectivity index (χ0v) is 5.33. The average molecular weight is 150 g/mol. The summed E-state index contributed by atoms with van der Waals surface area (Å²) in [5, 5.41) is 7.90. The van der Waals surface area contributed by atoms with E-state index in [2.05, 4.69) is 4.74 Å². The minimum absolute atomic E-state index is 0.0213. The quantitative estimate of drug-likeness (QED) is 0.453. The molecule has 10 heavy (non-hydrogen) atoms. The highest BCUT2D eigenvalue weighted by atomic mass is 19.1. The maximum atomic E-state index is 12.0. The second kappa shape index (κ2) is 3.81. The Labute approximate surface area is 56.6 Å². The van der Waals surface area contributed by atoms with Gasteiger partial charge < -0.3 is 9.84 Å². The molecule has 0 heterocycles. The Hall–Kier alpha value is -1.13. The van der Waals surface area contributed by atoms with Crippen molar-refractivity contribution in [3.8, 4) is 0 Å². The van der Waals surface area contributed by atoms with Crippen LogP contribution in [0.25, 0.3) is 0 Å². The summed E-state index contributed by atoms with van der Waals surface area (Å²) in [7, 11) is 0. The number of carboxylic acid groups (broad SMARTS) is 1. The molecule has 4 nitrogen and oxygen atoms in total. The Morgan fingerprint density at radius 2 is 2.20 bits per heavy atom. The summed E-state index contributed by atoms with van der Waals surface area (Å²) in [5.74, 6) is -3.17. The monoisotopic (exact) mass is 150 g/mol. The molecule has 5 heteroatoms. The molecule has 0 saturated carbocycles. The Morgan fingerprint density at radius 1 is 1.70 bits per heavy atom. The molecule has 0 rings (SSSR count). The summed E-state index contributed by atoms with van der Waals surface area (Å²) in [6.07, 6.45) is -2.56. The van der Waals surface area contributed by atoms with Gasteiger partial charge in [0.15, 0.2) is 0 Å². The van der Waals surface area contributed by atoms with E-state index in [1.54, 1.807) is 0 Å². The number of carboxylic acids is 1. The molecule has 0 saturated heterocycles. The van der Waals surface area contributed by atoms with Gasteiger partial charge in [-0.25, -0.2) is 14.0 Å². The number of alkyl halides is 1. The van der Waals surface area contributed by atoms with Gasteiger partial charge in [0.25, 0.3) is 6.17 Å². The lowest BCUT2D eigenvalue weighted by Crippen LogP contribution is -2.27. The van der Waals surface area contributed by atoms with E-state index in [-0.39, 0.29) is 6.61 Å². The smallest absolute Gasteiger partial charge is 0.352 e. The fraction of sp³-hybridized carbons (Fsp3) is 0.600. The van der Waals surface area contributed by atoms with E-state index in [1.807, 2.05) is 0 Å². The van der Waals surface area contributed by atoms with E-state index in [1.165, 1.54) is 6.92 Å². The molecule has 0 unspecified atom stereocenters. The third-order valence-electron chi connectivity index (χ3n) is 0.710. The molecule has 0 fully saturated rings. The first-order valence-corrected chi connectivity index (χ1v) is 2.63. The van der Waals surface area contributed by atoms with Crippen molar-refractivity contribution in [2.75, 3.05) is 6.61 Å². The molecule has 1 N–H and O–H groups in total. The predicted octanol–water partition coefficient (Wildman–Crippen LogP) is -0.0278. The van der Waals surface area contributed by atoms with Crippen LogP contribution in [0.15, 0.2) is 0 Å². The van der Waals surface area contributed by atoms with E-state index in [9.17, 15) is 14.0 Å². The first-order valence-electron chi connectivity index (χ1n) is 2.63. The fourth-order valence-corrected chi connectivity index (χ4v) is 0.316. The Bertz CT molecular complexity index is 145. The van der Waals surface area contributed by atoms with Gasteiger partial charge in [0.2, 0.25) is 0 Å². The van der Waals surface area contributed by atoms with Crippen LogP contribution in [0.5, 0.6) is 0 Å². The van der Waals surface area contributed by atoms with E-state index in [0.717, 1.165) is 0 Å². The minimum atomic E-state index is -2.56. The maximum absolute atomic E-state index is 12.0. The normalized spacial score (nSPS) is 12.2. The van der Waals surface area contributed by atoms with E-state index < -0.39 is 18.1 Å². The zero-order chi connectivity index (χ0) is 8.15. The van der Waals surface area contributed by atoms with Gasteiger partial charge in [-0.15, -0.1) is 0 Å². The van der Waals surface area contributed by atoms with Crippen molar-refractivity contribution in [2.24, 2.45) is 0 Å². The number of carbonyl (C=O) groups excluding carboxylic acids is 1. The van der Waals surface area contributed by atoms with Crippen LogP contribution in [-0.4, -0.2) is 29.8 Å². The lowest BCUT2D eigenvalue weighted by molar-refractivity contribution is -0.159. The molecule has 58 valence electrons. The van der Waals surface area contributed by atoms with Crippen LogP contribution in [0, 0.1) is 0 Å². The van der Waals surface area contributed by atoms with Crippen LogP contribution in [0.3, 0.4) is 0 Å². The summed E-state index contributed by atoms with van der Waals surface area (Å²) >= 11 is 0. The number of carbonyl (C=O) groups is 2. The molecule has 0 bridgehead atoms. The maximum Gasteiger partial charge on any atom is 0.352 e. The van der Waals surface area contributed by atoms with Crippen LogP contribution in [0.4, 0.5) is 4.39 Å². The Balaban J connectivity index is 3.82. The van der Waals surface area contributed by atoms with E-state index in [0.29, 0.717) is 0 Å². The first-order chi connectivity index (χ1) is 4.59. The van der Waals surface area contributed by atoms with Crippen molar-refractivity contribution in [3.05, 3.63) is 0 Å². The van der Waals surface area contributed by atoms with Crippen molar-refractivity contribution in [1.29, 1.82) is 0 Å². The molecule has 0 aromatic rings. The van der Waals surface area contributed by atoms with Gasteiger partial charge in [-0.3, -0.25) is 0 Å². The van der Waals surface area contributed by atoms with Crippen molar-refractivity contribution in [3.63, 3.8) is 0 Å². The lowest BCUT2D eigenvalue weighted by atomic mass is 10.4. The number of hydrogen-bond acceptors (Lipinski definition) is 3. The highest BCUT2D eigenvalue weighted by Crippen LogP contribution is 1.93. The van der Waals surface area contributed by atoms with Crippen LogP contribution < -0.4 is 0 Å². The molecule has 0 aromatic heterocycles. The number of hydrogen-bond donors (Lipinski definition) is 1. The highest BCUT2D eigenvalue weighted by Gasteiger charge is 2.26. The summed E-state index contributed by atoms with van der Waals surface area (Å²) in [6, 6.07) is 0. The van der Waals surface area contributed by atoms with Crippen molar-refractivity contribution >= 4 is 11.9 Å². The van der Waals surface area contributed by atoms with Crippen LogP contribution >= 0.6 is 0 Å². The number of esters is 1. The molecule has 0 aromatic carbocycles. The predicted molar refractivity (Wildman–Crippen MR) is 29.2 cm³/mol. The van der Waals surface area contributed by atoms with Gasteiger partial charge in [-0.05, 0) is 6.92 Å². The molecule has 0 aliphatic heterocycles. The molecule has 0 amide bonds. The summed E-state index contributed by atoms with van der Waals surface area (Å²) in [6.45, 7) is 1.44. The Morgan fingerprint density at radius 3 is 2.50 bits per heavy atom. The van der Waals surface area contributed by atoms with Gasteiger partial charge in [-0.2, -0.15) is 0 Å². The molecular formula is C5H7FO4. The van der Waals surface area contributed by atoms with Gasteiger partial charge in [-0.1, -0.05) is 0 Å². The SMILES string of the molecule is CCOC(=O)[C@@H](F)C(=O)O. The van der Waals surface area contributed by atoms with Gasteiger partial charge in [0.1, 0.15) is 0 Å². The molecular weight excluding hydrogens is 143 g/mol. The fourth-order valence-electron chi connectivity index (χ4n) is 0.316. The van der Waals surface area contributed by atoms with Crippen LogP contribution in [0.2, 0.25) is 0 Å². The van der Waals surface area contributed by atoms with Crippen molar-refractivity contribution in [1.82, 2.24) is 0 Å². The third kappa shape index (κ3) is 2.43. The summed E-state index contributed by atoms with van der Waals surface area (Å²) in [5.41, 5.74) is 0. The van der Waals surface area contributed by atoms with Crippen molar-refractivity contribution < 1.29 is 23.8 Å². The molecule has 0 radical (unpaired) electrons. The van der Waals surface area contributed by atoms with Gasteiger partial charge in [0, 0.05) is 0 Å². The third-order valence-corrected chi connectivity index (χ3v) is 0.710. The van der Waals surface area contributed by atoms with E-state index >= 15 is 0 Å². The summed E-state index contributed by atoms with van der Waals surface area (Å²) < 4.78 is 16.1. The second-order valence-electron chi connectivity index (χ2n) is 1.45. The van der Waals surface area contributed by atoms with Gasteiger partial charge in [0.05, 0.1) is 6.61 Å². The number of rotatable bonds is 3. The topological polar surface area (TPSA) is 63.6 Å². The first kappa shape index (κ1) is 8.87. The Kier molecular flexibility index (Phi) is 3.38. The number of ether oxygens (including phenoxy) is 1. The number of halogens is 1. The lowest BCUT2D eigenvalue weighted by Gasteiger charge is -2.00. The molecule has 0 aliphatic carbocycles. The minimum Gasteiger partial charge on any atom is -0.479 e. The summed E-state index contributed by atoms with van der Waals surface area (Å²) in [4.78, 5) is 19.9. The van der Waals surface area contributed by atoms with Crippen molar-refractivity contribution in [2.45, 2.75) is 13.1 Å². The van der Waals surface area contributed by atoms with Crippen LogP contribution in [0.1, 0.15) is 6.92 Å². The van der Waals surface area contributed by atoms with Crippen LogP contribution in [-0.2, 0) is 14.3 Å². The highest BCUT2D eigenvalue weighted by molar-refractivity contribution is 5.96. The van der Waals surface area contributed by atoms with Gasteiger partial charge >= 0.3 is 11.9 Å². The zero-order valence-electron chi connectivity index (χ0n) is 5.33. The average Bonchev–Trinajstić information content (AvgIpc) is 1.87. The molecule has 0 spiro atoms. The number of aliphatic carboxylic acids is 1. The molecule has 1 atom stereocenters. The van der Waals surface area contributed by atoms with E-state index in [4.69, 9.17) is 5.11 Å². The molecule has 0 aliphatic rings. The standard InChI is InChI=1S/C5H7FO4/c1-2-10-5(9)3(6)4(7)8/h3H,2H2,1H3,(H,7,8)/t3-/m0/s1. The largest absolute Gasteiger partial charge is 0.479 e. The second-order valence-corrected chi connectivity index (χ2v) is 1.45.